The molecule has 0 aromatic heterocycles. The van der Waals surface area contributed by atoms with E-state index in [0.29, 0.717) is 11.1 Å². The fraction of sp³-hybridized carbons (Fsp3) is 0.133. The molecule has 9 nitrogen and oxygen atoms in total. The number of hydrogen-bond donors (Lipinski definition) is 3. The molecule has 0 saturated heterocycles. The lowest BCUT2D eigenvalue weighted by atomic mass is 9.84. The van der Waals surface area contributed by atoms with Gasteiger partial charge in [0.1, 0.15) is 5.75 Å². The lowest BCUT2D eigenvalue weighted by molar-refractivity contribution is -0.142. The maximum absolute atomic E-state index is 13.7. The number of aromatic hydroxyl groups is 1. The number of carboxylic acids is 1. The third-order valence-corrected chi connectivity index (χ3v) is 6.90. The van der Waals surface area contributed by atoms with Gasteiger partial charge in [0.05, 0.1) is 29.6 Å². The summed E-state index contributed by atoms with van der Waals surface area (Å²) in [7, 11) is 1.16. The predicted octanol–water partition coefficient (Wildman–Crippen LogP) is 5.04. The maximum atomic E-state index is 13.7. The third kappa shape index (κ3) is 4.98. The number of nitrogens with one attached hydrogen (secondary N) is 1. The topological polar surface area (TPSA) is 129 Å². The number of benzene rings is 3. The van der Waals surface area contributed by atoms with Crippen molar-refractivity contribution < 1.29 is 42.5 Å². The number of para-hydroxylation sites is 1. The minimum atomic E-state index is -4.72. The van der Waals surface area contributed by atoms with Gasteiger partial charge in [-0.2, -0.15) is 18.3 Å². The molecule has 0 saturated carbocycles. The van der Waals surface area contributed by atoms with Gasteiger partial charge in [-0.3, -0.25) is 15.1 Å². The molecule has 0 spiro atoms. The van der Waals surface area contributed by atoms with Gasteiger partial charge in [0.2, 0.25) is 0 Å². The van der Waals surface area contributed by atoms with Gasteiger partial charge >= 0.3 is 18.1 Å². The number of alkyl halides is 3. The highest BCUT2D eigenvalue weighted by Gasteiger charge is 2.42. The number of halogens is 3. The quantitative estimate of drug-likeness (QED) is 0.277. The Labute approximate surface area is 236 Å². The molecule has 1 atom stereocenters. The molecule has 2 aliphatic rings. The number of carbonyl (C=O) groups is 3. The molecular weight excluding hydrogens is 555 g/mol. The van der Waals surface area contributed by atoms with E-state index in [9.17, 15) is 37.8 Å². The summed E-state index contributed by atoms with van der Waals surface area (Å²) >= 11 is 0. The summed E-state index contributed by atoms with van der Waals surface area (Å²) in [6, 6.07) is 14.6. The van der Waals surface area contributed by atoms with Gasteiger partial charge in [0, 0.05) is 17.5 Å². The Morgan fingerprint density at radius 3 is 2.50 bits per heavy atom. The van der Waals surface area contributed by atoms with Crippen LogP contribution in [-0.4, -0.2) is 46.4 Å². The molecule has 3 aromatic carbocycles. The van der Waals surface area contributed by atoms with Crippen LogP contribution in [0.2, 0.25) is 0 Å². The SMILES string of the molecule is COC(=O)c1cccc(N2C(=O)/C(=N\NC3(C(=O)O)C=CC=C(c4ccccc4O)C3)c3ccc(C(F)(F)F)cc32)c1. The van der Waals surface area contributed by atoms with E-state index >= 15 is 0 Å². The molecule has 214 valence electrons. The predicted molar refractivity (Wildman–Crippen MR) is 146 cm³/mol. The normalized spacial score (nSPS) is 19.0. The maximum Gasteiger partial charge on any atom is 0.416 e. The van der Waals surface area contributed by atoms with Gasteiger partial charge in [-0.25, -0.2) is 9.59 Å². The van der Waals surface area contributed by atoms with E-state index in [0.717, 1.165) is 30.2 Å². The monoisotopic (exact) mass is 577 g/mol. The minimum Gasteiger partial charge on any atom is -0.507 e. The minimum absolute atomic E-state index is 0.0146. The van der Waals surface area contributed by atoms with Gasteiger partial charge in [-0.05, 0) is 54.1 Å². The second-order valence-electron chi connectivity index (χ2n) is 9.51. The summed E-state index contributed by atoms with van der Waals surface area (Å²) in [5.41, 5.74) is 0.204. The Kier molecular flexibility index (Phi) is 7.07. The highest BCUT2D eigenvalue weighted by molar-refractivity contribution is 6.55. The van der Waals surface area contributed by atoms with Crippen LogP contribution in [0, 0.1) is 0 Å². The van der Waals surface area contributed by atoms with E-state index in [1.165, 1.54) is 42.5 Å². The van der Waals surface area contributed by atoms with Crippen molar-refractivity contribution in [1.29, 1.82) is 0 Å². The number of hydrazone groups is 1. The summed E-state index contributed by atoms with van der Waals surface area (Å²) in [5, 5.41) is 24.6. The number of anilines is 2. The zero-order valence-electron chi connectivity index (χ0n) is 21.8. The van der Waals surface area contributed by atoms with Gasteiger partial charge in [0.15, 0.2) is 11.3 Å². The second-order valence-corrected chi connectivity index (χ2v) is 9.51. The smallest absolute Gasteiger partial charge is 0.416 e. The molecular formula is C30H22F3N3O6. The summed E-state index contributed by atoms with van der Waals surface area (Å²) < 4.78 is 45.6. The number of rotatable bonds is 6. The van der Waals surface area contributed by atoms with Crippen LogP contribution in [0.3, 0.4) is 0 Å². The second kappa shape index (κ2) is 10.5. The summed E-state index contributed by atoms with van der Waals surface area (Å²) in [6.45, 7) is 0. The molecule has 1 amide bonds. The number of ether oxygens (including phenoxy) is 1. The molecule has 1 unspecified atom stereocenters. The van der Waals surface area contributed by atoms with E-state index in [1.54, 1.807) is 24.3 Å². The molecule has 3 aromatic rings. The average Bonchev–Trinajstić information content (AvgIpc) is 3.25. The van der Waals surface area contributed by atoms with E-state index in [2.05, 4.69) is 10.5 Å². The molecule has 0 radical (unpaired) electrons. The third-order valence-electron chi connectivity index (χ3n) is 6.90. The van der Waals surface area contributed by atoms with Crippen LogP contribution in [0.4, 0.5) is 24.5 Å². The van der Waals surface area contributed by atoms with E-state index < -0.39 is 35.1 Å². The Hall–Kier alpha value is -5.39. The number of carbonyl (C=O) groups excluding carboxylic acids is 2. The van der Waals surface area contributed by atoms with Crippen LogP contribution < -0.4 is 10.3 Å². The lowest BCUT2D eigenvalue weighted by Gasteiger charge is -2.29. The van der Waals surface area contributed by atoms with Crippen molar-refractivity contribution in [2.45, 2.75) is 18.1 Å². The van der Waals surface area contributed by atoms with Crippen molar-refractivity contribution >= 4 is 40.5 Å². The largest absolute Gasteiger partial charge is 0.507 e. The van der Waals surface area contributed by atoms with Gasteiger partial charge in [0.25, 0.3) is 5.91 Å². The number of aliphatic carboxylic acids is 1. The van der Waals surface area contributed by atoms with Crippen LogP contribution in [-0.2, 0) is 20.5 Å². The number of esters is 1. The standard InChI is InChI=1S/C30H22F3N3O6/c1-42-27(39)17-6-4-8-20(14-17)36-23-15-19(30(31,32)33)11-12-22(23)25(26(36)38)34-35-29(28(40)41)13-5-7-18(16-29)21-9-2-3-10-24(21)37/h2-15,35,37H,16H2,1H3,(H,40,41)/b34-25-. The summed E-state index contributed by atoms with van der Waals surface area (Å²) in [5.74, 6) is -2.97. The molecule has 1 heterocycles. The van der Waals surface area contributed by atoms with E-state index in [1.807, 2.05) is 0 Å². The van der Waals surface area contributed by atoms with Crippen LogP contribution >= 0.6 is 0 Å². The van der Waals surface area contributed by atoms with E-state index in [-0.39, 0.29) is 40.4 Å². The van der Waals surface area contributed by atoms with Crippen molar-refractivity contribution in [3.05, 3.63) is 107 Å². The molecule has 0 fully saturated rings. The number of carboxylic acid groups (broad SMARTS) is 1. The summed E-state index contributed by atoms with van der Waals surface area (Å²) in [6.07, 6.45) is -0.464. The van der Waals surface area contributed by atoms with Crippen LogP contribution in [0.25, 0.3) is 5.57 Å². The highest BCUT2D eigenvalue weighted by Crippen LogP contribution is 2.41. The van der Waals surface area contributed by atoms with Gasteiger partial charge < -0.3 is 14.9 Å². The first-order chi connectivity index (χ1) is 19.9. The first-order valence-corrected chi connectivity index (χ1v) is 12.4. The molecule has 1 aliphatic carbocycles. The van der Waals surface area contributed by atoms with Crippen molar-refractivity contribution in [3.8, 4) is 5.75 Å². The van der Waals surface area contributed by atoms with E-state index in [4.69, 9.17) is 4.74 Å². The number of nitrogens with zero attached hydrogens (tertiary/aromatic N) is 2. The Morgan fingerprint density at radius 1 is 1.05 bits per heavy atom. The van der Waals surface area contributed by atoms with Crippen LogP contribution in [0.15, 0.2) is 90.1 Å². The number of allylic oxidation sites excluding steroid dienone is 2. The van der Waals surface area contributed by atoms with Crippen molar-refractivity contribution in [2.24, 2.45) is 5.10 Å². The van der Waals surface area contributed by atoms with Crippen molar-refractivity contribution in [1.82, 2.24) is 5.43 Å². The fourth-order valence-electron chi connectivity index (χ4n) is 4.78. The number of hydrogen-bond acceptors (Lipinski definition) is 7. The first kappa shape index (κ1) is 28.1. The number of amides is 1. The van der Waals surface area contributed by atoms with Crippen molar-refractivity contribution in [3.63, 3.8) is 0 Å². The molecule has 42 heavy (non-hydrogen) atoms. The molecule has 5 rings (SSSR count). The Bertz CT molecular complexity index is 1710. The average molecular weight is 578 g/mol. The first-order valence-electron chi connectivity index (χ1n) is 12.4. The molecule has 12 heteroatoms. The number of fused-ring (bicyclic) bond motifs is 1. The number of phenols is 1. The van der Waals surface area contributed by atoms with Gasteiger partial charge in [-0.15, -0.1) is 0 Å². The fourth-order valence-corrected chi connectivity index (χ4v) is 4.78. The number of methoxy groups -OCH3 is 1. The zero-order valence-corrected chi connectivity index (χ0v) is 21.8. The number of phenolic OH excluding ortho intramolecular Hbond substituents is 1. The van der Waals surface area contributed by atoms with Crippen LogP contribution in [0.5, 0.6) is 5.75 Å². The molecule has 3 N–H and O–H groups in total. The van der Waals surface area contributed by atoms with Crippen LogP contribution in [0.1, 0.15) is 33.5 Å². The zero-order chi connectivity index (χ0) is 30.2. The molecule has 1 aliphatic heterocycles. The van der Waals surface area contributed by atoms with Gasteiger partial charge in [-0.1, -0.05) is 36.4 Å². The molecule has 0 bridgehead atoms. The Balaban J connectivity index is 1.57. The highest BCUT2D eigenvalue weighted by atomic mass is 19.4. The lowest BCUT2D eigenvalue weighted by Crippen LogP contribution is -2.49. The summed E-state index contributed by atoms with van der Waals surface area (Å²) in [4.78, 5) is 39.3. The Morgan fingerprint density at radius 2 is 1.81 bits per heavy atom. The van der Waals surface area contributed by atoms with Crippen molar-refractivity contribution in [2.75, 3.05) is 12.0 Å².